The normalized spacial score (nSPS) is 16.4. The van der Waals surface area contributed by atoms with Crippen molar-refractivity contribution in [3.63, 3.8) is 0 Å². The van der Waals surface area contributed by atoms with Gasteiger partial charge in [-0.3, -0.25) is 9.59 Å². The number of aromatic nitrogens is 3. The monoisotopic (exact) mass is 467 g/mol. The van der Waals surface area contributed by atoms with Gasteiger partial charge < -0.3 is 10.6 Å². The van der Waals surface area contributed by atoms with Gasteiger partial charge in [-0.25, -0.2) is 4.39 Å². The van der Waals surface area contributed by atoms with Crippen molar-refractivity contribution in [2.24, 2.45) is 0 Å². The molecule has 166 valence electrons. The lowest BCUT2D eigenvalue weighted by atomic mass is 9.96. The molecule has 32 heavy (non-hydrogen) atoms. The zero-order valence-corrected chi connectivity index (χ0v) is 17.0. The first-order chi connectivity index (χ1) is 15.1. The molecular weight excluding hydrogens is 454 g/mol. The third kappa shape index (κ3) is 3.79. The molecule has 0 saturated heterocycles. The Morgan fingerprint density at radius 3 is 2.69 bits per heavy atom. The number of fused-ring (bicyclic) bond motifs is 1. The van der Waals surface area contributed by atoms with E-state index in [1.54, 1.807) is 0 Å². The van der Waals surface area contributed by atoms with Crippen LogP contribution in [-0.4, -0.2) is 33.4 Å². The number of hydrogen-bond donors (Lipinski definition) is 3. The fourth-order valence-electron chi connectivity index (χ4n) is 3.48. The van der Waals surface area contributed by atoms with Gasteiger partial charge in [0.2, 0.25) is 0 Å². The quantitative estimate of drug-likeness (QED) is 0.497. The Balaban J connectivity index is 1.73. The van der Waals surface area contributed by atoms with Crippen LogP contribution in [0.4, 0.5) is 23.2 Å². The lowest BCUT2D eigenvalue weighted by Gasteiger charge is -2.18. The average molecular weight is 468 g/mol. The number of halogens is 5. The summed E-state index contributed by atoms with van der Waals surface area (Å²) < 4.78 is 53.2. The second-order valence-corrected chi connectivity index (χ2v) is 7.52. The Morgan fingerprint density at radius 1 is 1.22 bits per heavy atom. The van der Waals surface area contributed by atoms with E-state index in [2.05, 4.69) is 20.8 Å². The highest BCUT2D eigenvalue weighted by atomic mass is 35.5. The summed E-state index contributed by atoms with van der Waals surface area (Å²) in [5.74, 6) is -4.05. The minimum Gasteiger partial charge on any atom is -0.341 e. The zero-order valence-electron chi connectivity index (χ0n) is 16.2. The number of hydrogen-bond acceptors (Lipinski definition) is 4. The van der Waals surface area contributed by atoms with Gasteiger partial charge in [-0.05, 0) is 37.3 Å². The topological polar surface area (TPSA) is 99.8 Å². The number of nitrogens with zero attached hydrogens (tertiary/aromatic N) is 2. The molecule has 12 heteroatoms. The lowest BCUT2D eigenvalue weighted by molar-refractivity contribution is -0.147. The van der Waals surface area contributed by atoms with E-state index in [-0.39, 0.29) is 21.8 Å². The molecule has 0 bridgehead atoms. The maximum Gasteiger partial charge on any atom is 0.397 e. The molecule has 2 heterocycles. The van der Waals surface area contributed by atoms with Crippen molar-refractivity contribution in [3.05, 3.63) is 75.3 Å². The van der Waals surface area contributed by atoms with E-state index >= 15 is 0 Å². The number of amides is 2. The van der Waals surface area contributed by atoms with Crippen LogP contribution in [0.3, 0.4) is 0 Å². The van der Waals surface area contributed by atoms with Crippen molar-refractivity contribution in [1.29, 1.82) is 0 Å². The third-order valence-electron chi connectivity index (χ3n) is 5.12. The van der Waals surface area contributed by atoms with Gasteiger partial charge >= 0.3 is 6.18 Å². The van der Waals surface area contributed by atoms with Crippen LogP contribution in [0.25, 0.3) is 0 Å². The van der Waals surface area contributed by atoms with E-state index in [1.807, 2.05) is 5.21 Å². The number of anilines is 1. The molecule has 2 amide bonds. The molecule has 3 aromatic rings. The molecule has 0 radical (unpaired) electrons. The van der Waals surface area contributed by atoms with Gasteiger partial charge in [-0.15, -0.1) is 0 Å². The van der Waals surface area contributed by atoms with E-state index in [0.717, 1.165) is 19.1 Å². The lowest BCUT2D eigenvalue weighted by Crippen LogP contribution is -2.23. The summed E-state index contributed by atoms with van der Waals surface area (Å²) in [4.78, 5) is 25.2. The molecule has 0 aliphatic carbocycles. The highest BCUT2D eigenvalue weighted by molar-refractivity contribution is 6.31. The number of carbonyl (C=O) groups is 2. The molecule has 2 atom stereocenters. The molecule has 3 N–H and O–H groups in total. The fraction of sp³-hybridized carbons (Fsp3) is 0.200. The van der Waals surface area contributed by atoms with E-state index in [1.165, 1.54) is 24.3 Å². The number of benzene rings is 2. The third-order valence-corrected chi connectivity index (χ3v) is 5.47. The van der Waals surface area contributed by atoms with Crippen LogP contribution in [0.1, 0.15) is 56.6 Å². The van der Waals surface area contributed by atoms with Crippen LogP contribution >= 0.6 is 11.6 Å². The number of nitrogens with one attached hydrogen (secondary N) is 3. The van der Waals surface area contributed by atoms with Gasteiger partial charge in [0.15, 0.2) is 5.69 Å². The maximum absolute atomic E-state index is 13.8. The second-order valence-electron chi connectivity index (χ2n) is 7.11. The summed E-state index contributed by atoms with van der Waals surface area (Å²) in [6, 6.07) is 7.21. The van der Waals surface area contributed by atoms with Gasteiger partial charge in [-0.1, -0.05) is 17.7 Å². The van der Waals surface area contributed by atoms with Gasteiger partial charge in [0.25, 0.3) is 11.8 Å². The Bertz CT molecular complexity index is 1230. The highest BCUT2D eigenvalue weighted by Crippen LogP contribution is 2.39. The highest BCUT2D eigenvalue weighted by Gasteiger charge is 2.41. The van der Waals surface area contributed by atoms with Crippen LogP contribution in [0, 0.1) is 5.82 Å². The van der Waals surface area contributed by atoms with Crippen LogP contribution in [0.5, 0.6) is 0 Å². The summed E-state index contributed by atoms with van der Waals surface area (Å²) >= 11 is 6.19. The molecule has 0 fully saturated rings. The fourth-order valence-corrected chi connectivity index (χ4v) is 3.70. The Labute approximate surface area is 183 Å². The summed E-state index contributed by atoms with van der Waals surface area (Å²) in [5.41, 5.74) is -0.214. The van der Waals surface area contributed by atoms with Crippen LogP contribution < -0.4 is 10.6 Å². The first-order valence-corrected chi connectivity index (χ1v) is 9.63. The van der Waals surface area contributed by atoms with Crippen molar-refractivity contribution in [2.45, 2.75) is 25.1 Å². The molecular formula is C20H14ClF4N5O2. The summed E-state index contributed by atoms with van der Waals surface area (Å²) in [6.45, 7) is 0.861. The Morgan fingerprint density at radius 2 is 1.97 bits per heavy atom. The molecule has 1 aliphatic rings. The number of alkyl halides is 3. The van der Waals surface area contributed by atoms with Gasteiger partial charge in [0, 0.05) is 27.4 Å². The van der Waals surface area contributed by atoms with Gasteiger partial charge in [0.05, 0.1) is 12.0 Å². The molecule has 7 nitrogen and oxygen atoms in total. The predicted octanol–water partition coefficient (Wildman–Crippen LogP) is 4.35. The first kappa shape index (κ1) is 21.8. The Hall–Kier alpha value is -3.47. The molecule has 1 aliphatic heterocycles. The smallest absolute Gasteiger partial charge is 0.341 e. The van der Waals surface area contributed by atoms with Gasteiger partial charge in [0.1, 0.15) is 11.5 Å². The van der Waals surface area contributed by atoms with Crippen molar-refractivity contribution in [1.82, 2.24) is 20.7 Å². The van der Waals surface area contributed by atoms with Crippen LogP contribution in [0.2, 0.25) is 5.02 Å². The molecule has 0 spiro atoms. The molecule has 0 saturated carbocycles. The number of rotatable bonds is 4. The van der Waals surface area contributed by atoms with E-state index in [4.69, 9.17) is 11.6 Å². The van der Waals surface area contributed by atoms with Crippen molar-refractivity contribution in [3.8, 4) is 0 Å². The zero-order chi connectivity index (χ0) is 23.2. The second kappa shape index (κ2) is 7.90. The molecule has 4 rings (SSSR count). The maximum atomic E-state index is 13.8. The van der Waals surface area contributed by atoms with Crippen molar-refractivity contribution in [2.75, 3.05) is 5.32 Å². The summed E-state index contributed by atoms with van der Waals surface area (Å²) in [6.07, 6.45) is -4.63. The summed E-state index contributed by atoms with van der Waals surface area (Å²) in [7, 11) is 0. The number of carbonyl (C=O) groups excluding carboxylic acids is 2. The molecule has 2 unspecified atom stereocenters. The number of aromatic amines is 1. The summed E-state index contributed by atoms with van der Waals surface area (Å²) in [5, 5.41) is 14.4. The van der Waals surface area contributed by atoms with Gasteiger partial charge in [-0.2, -0.15) is 28.6 Å². The van der Waals surface area contributed by atoms with Crippen molar-refractivity contribution >= 4 is 29.1 Å². The van der Waals surface area contributed by atoms with E-state index in [0.29, 0.717) is 5.56 Å². The molecule has 2 aromatic carbocycles. The largest absolute Gasteiger partial charge is 0.397 e. The van der Waals surface area contributed by atoms with Crippen LogP contribution in [-0.2, 0) is 0 Å². The standard InChI is InChI=1S/C20H14ClF4N5O2/c1-8(20(23,24)25)15-17(29-30-28-15)19(32)26-13-4-2-3-10-14(13)16(27-18(10)31)11-7-9(22)5-6-12(11)21/h2-8,16H,1H3,(H,26,32)(H,27,31)(H,28,29,30). The van der Waals surface area contributed by atoms with Crippen LogP contribution in [0.15, 0.2) is 36.4 Å². The van der Waals surface area contributed by atoms with E-state index < -0.39 is 47.2 Å². The Kier molecular flexibility index (Phi) is 5.37. The predicted molar refractivity (Wildman–Crippen MR) is 106 cm³/mol. The average Bonchev–Trinajstić information content (AvgIpc) is 3.34. The number of H-pyrrole nitrogens is 1. The SMILES string of the molecule is CC(c1n[nH]nc1C(=O)Nc1cccc2c1C(c1cc(F)ccc1Cl)NC2=O)C(F)(F)F. The van der Waals surface area contributed by atoms with E-state index in [9.17, 15) is 27.2 Å². The first-order valence-electron chi connectivity index (χ1n) is 9.25. The minimum absolute atomic E-state index is 0.129. The van der Waals surface area contributed by atoms with Crippen molar-refractivity contribution < 1.29 is 27.2 Å². The molecule has 1 aromatic heterocycles. The minimum atomic E-state index is -4.63.